The number of halogens is 2. The van der Waals surface area contributed by atoms with Gasteiger partial charge in [0.05, 0.1) is 16.3 Å². The average Bonchev–Trinajstić information content (AvgIpc) is 3.07. The SMILES string of the molecule is NC(=Nc1ccc(F)c(Cl)c1)c1nonc1OC(=O)c1ccccc1. The van der Waals surface area contributed by atoms with E-state index in [2.05, 4.69) is 19.9 Å². The first-order chi connectivity index (χ1) is 12.0. The Bertz CT molecular complexity index is 944. The molecule has 7 nitrogen and oxygen atoms in total. The molecule has 0 saturated heterocycles. The van der Waals surface area contributed by atoms with Crippen LogP contribution in [-0.2, 0) is 0 Å². The van der Waals surface area contributed by atoms with Crippen molar-refractivity contribution in [3.05, 3.63) is 70.6 Å². The zero-order valence-electron chi connectivity index (χ0n) is 12.5. The first-order valence-electron chi connectivity index (χ1n) is 6.94. The van der Waals surface area contributed by atoms with Gasteiger partial charge in [0.15, 0.2) is 5.84 Å². The molecule has 0 aliphatic carbocycles. The second-order valence-electron chi connectivity index (χ2n) is 4.77. The van der Waals surface area contributed by atoms with Gasteiger partial charge >= 0.3 is 5.97 Å². The smallest absolute Gasteiger partial charge is 0.345 e. The zero-order valence-corrected chi connectivity index (χ0v) is 13.3. The molecule has 1 heterocycles. The van der Waals surface area contributed by atoms with Crippen LogP contribution in [0.5, 0.6) is 5.88 Å². The number of carbonyl (C=O) groups is 1. The number of ether oxygens (including phenoxy) is 1. The molecule has 0 amide bonds. The highest BCUT2D eigenvalue weighted by Crippen LogP contribution is 2.23. The van der Waals surface area contributed by atoms with Crippen LogP contribution >= 0.6 is 11.6 Å². The summed E-state index contributed by atoms with van der Waals surface area (Å²) in [4.78, 5) is 16.1. The molecule has 126 valence electrons. The number of carbonyl (C=O) groups excluding carboxylic acids is 1. The summed E-state index contributed by atoms with van der Waals surface area (Å²) in [5.74, 6) is -1.61. The van der Waals surface area contributed by atoms with Crippen LogP contribution in [0.15, 0.2) is 58.2 Å². The van der Waals surface area contributed by atoms with Gasteiger partial charge in [-0.2, -0.15) is 0 Å². The Morgan fingerprint density at radius 1 is 1.20 bits per heavy atom. The molecule has 0 aliphatic rings. The molecule has 0 bridgehead atoms. The molecule has 1 aromatic heterocycles. The van der Waals surface area contributed by atoms with Crippen molar-refractivity contribution in [3.8, 4) is 5.88 Å². The van der Waals surface area contributed by atoms with E-state index in [1.165, 1.54) is 12.1 Å². The Hall–Kier alpha value is -3.26. The van der Waals surface area contributed by atoms with Gasteiger partial charge in [-0.1, -0.05) is 29.8 Å². The van der Waals surface area contributed by atoms with Gasteiger partial charge in [0, 0.05) is 0 Å². The number of nitrogens with zero attached hydrogens (tertiary/aromatic N) is 3. The van der Waals surface area contributed by atoms with Gasteiger partial charge in [0.2, 0.25) is 5.69 Å². The summed E-state index contributed by atoms with van der Waals surface area (Å²) in [6.07, 6.45) is 0. The molecule has 0 atom stereocenters. The lowest BCUT2D eigenvalue weighted by molar-refractivity contribution is 0.0720. The van der Waals surface area contributed by atoms with Crippen LogP contribution in [0.4, 0.5) is 10.1 Å². The summed E-state index contributed by atoms with van der Waals surface area (Å²) in [6, 6.07) is 12.1. The Balaban J connectivity index is 1.84. The van der Waals surface area contributed by atoms with E-state index in [0.717, 1.165) is 6.07 Å². The third-order valence-electron chi connectivity index (χ3n) is 3.05. The van der Waals surface area contributed by atoms with Crippen LogP contribution in [-0.4, -0.2) is 22.1 Å². The Morgan fingerprint density at radius 2 is 1.96 bits per heavy atom. The van der Waals surface area contributed by atoms with Crippen LogP contribution in [0.3, 0.4) is 0 Å². The lowest BCUT2D eigenvalue weighted by atomic mass is 10.2. The van der Waals surface area contributed by atoms with E-state index < -0.39 is 11.8 Å². The summed E-state index contributed by atoms with van der Waals surface area (Å²) in [5.41, 5.74) is 6.37. The first-order valence-corrected chi connectivity index (χ1v) is 7.32. The van der Waals surface area contributed by atoms with Crippen molar-refractivity contribution in [3.63, 3.8) is 0 Å². The molecule has 3 rings (SSSR count). The summed E-state index contributed by atoms with van der Waals surface area (Å²) >= 11 is 5.69. The molecule has 2 N–H and O–H groups in total. The van der Waals surface area contributed by atoms with Gasteiger partial charge < -0.3 is 10.5 Å². The van der Waals surface area contributed by atoms with Gasteiger partial charge in [-0.15, -0.1) is 0 Å². The van der Waals surface area contributed by atoms with Gasteiger partial charge in [-0.25, -0.2) is 18.8 Å². The average molecular weight is 361 g/mol. The van der Waals surface area contributed by atoms with Crippen molar-refractivity contribution in [2.45, 2.75) is 0 Å². The summed E-state index contributed by atoms with van der Waals surface area (Å²) in [7, 11) is 0. The number of rotatable bonds is 4. The number of hydrogen-bond acceptors (Lipinski definition) is 6. The Kier molecular flexibility index (Phi) is 4.71. The second-order valence-corrected chi connectivity index (χ2v) is 5.18. The van der Waals surface area contributed by atoms with Crippen molar-refractivity contribution in [1.82, 2.24) is 10.3 Å². The molecular weight excluding hydrogens is 351 g/mol. The topological polar surface area (TPSA) is 104 Å². The van der Waals surface area contributed by atoms with Crippen LogP contribution in [0, 0.1) is 5.82 Å². The van der Waals surface area contributed by atoms with Crippen molar-refractivity contribution in [2.75, 3.05) is 0 Å². The summed E-state index contributed by atoms with van der Waals surface area (Å²) in [6.45, 7) is 0. The minimum atomic E-state index is -0.657. The van der Waals surface area contributed by atoms with E-state index in [1.807, 2.05) is 0 Å². The van der Waals surface area contributed by atoms with Crippen molar-refractivity contribution >= 4 is 29.1 Å². The van der Waals surface area contributed by atoms with E-state index in [1.54, 1.807) is 30.3 Å². The normalized spacial score (nSPS) is 11.4. The molecule has 0 unspecified atom stereocenters. The quantitative estimate of drug-likeness (QED) is 0.435. The number of esters is 1. The highest BCUT2D eigenvalue weighted by molar-refractivity contribution is 6.31. The minimum Gasteiger partial charge on any atom is -0.398 e. The Morgan fingerprint density at radius 3 is 2.68 bits per heavy atom. The van der Waals surface area contributed by atoms with Crippen molar-refractivity contribution < 1.29 is 18.6 Å². The van der Waals surface area contributed by atoms with E-state index in [9.17, 15) is 9.18 Å². The van der Waals surface area contributed by atoms with E-state index in [-0.39, 0.29) is 28.1 Å². The number of amidine groups is 1. The third kappa shape index (κ3) is 3.81. The lowest BCUT2D eigenvalue weighted by Crippen LogP contribution is -2.17. The highest BCUT2D eigenvalue weighted by Gasteiger charge is 2.20. The Labute approximate surface area is 145 Å². The molecule has 0 fully saturated rings. The van der Waals surface area contributed by atoms with E-state index in [4.69, 9.17) is 22.1 Å². The number of nitrogens with two attached hydrogens (primary N) is 1. The van der Waals surface area contributed by atoms with Gasteiger partial charge in [-0.3, -0.25) is 0 Å². The van der Waals surface area contributed by atoms with Crippen LogP contribution in [0.25, 0.3) is 0 Å². The van der Waals surface area contributed by atoms with Gasteiger partial charge in [0.1, 0.15) is 5.82 Å². The maximum atomic E-state index is 13.2. The zero-order chi connectivity index (χ0) is 17.8. The molecule has 0 spiro atoms. The molecule has 25 heavy (non-hydrogen) atoms. The number of aromatic nitrogens is 2. The summed E-state index contributed by atoms with van der Waals surface area (Å²) in [5, 5.41) is 6.96. The fourth-order valence-electron chi connectivity index (χ4n) is 1.87. The molecule has 0 saturated carbocycles. The first kappa shape index (κ1) is 16.6. The number of benzene rings is 2. The van der Waals surface area contributed by atoms with Crippen molar-refractivity contribution in [1.29, 1.82) is 0 Å². The van der Waals surface area contributed by atoms with Crippen molar-refractivity contribution in [2.24, 2.45) is 10.7 Å². The molecular formula is C16H10ClFN4O3. The maximum Gasteiger partial charge on any atom is 0.345 e. The second kappa shape index (κ2) is 7.10. The van der Waals surface area contributed by atoms with Gasteiger partial charge in [-0.05, 0) is 40.6 Å². The third-order valence-corrected chi connectivity index (χ3v) is 3.34. The standard InChI is InChI=1S/C16H10ClFN4O3/c17-11-8-10(6-7-12(11)18)20-14(19)13-15(22-25-21-13)24-16(23)9-4-2-1-3-5-9/h1-8H,(H2,19,20). The van der Waals surface area contributed by atoms with Crippen LogP contribution < -0.4 is 10.5 Å². The molecule has 2 aromatic carbocycles. The van der Waals surface area contributed by atoms with Crippen LogP contribution in [0.1, 0.15) is 16.1 Å². The summed E-state index contributed by atoms with van der Waals surface area (Å²) < 4.78 is 22.9. The fraction of sp³-hybridized carbons (Fsp3) is 0. The van der Waals surface area contributed by atoms with E-state index in [0.29, 0.717) is 5.56 Å². The molecule has 9 heteroatoms. The fourth-order valence-corrected chi connectivity index (χ4v) is 2.05. The predicted octanol–water partition coefficient (Wildman–Crippen LogP) is 3.12. The lowest BCUT2D eigenvalue weighted by Gasteiger charge is -2.02. The maximum absolute atomic E-state index is 13.2. The number of aliphatic imine (C=N–C) groups is 1. The van der Waals surface area contributed by atoms with E-state index >= 15 is 0 Å². The predicted molar refractivity (Wildman–Crippen MR) is 87.5 cm³/mol. The molecule has 3 aromatic rings. The van der Waals surface area contributed by atoms with Gasteiger partial charge in [0.25, 0.3) is 5.88 Å². The molecule has 0 aliphatic heterocycles. The minimum absolute atomic E-state index is 0.0651. The largest absolute Gasteiger partial charge is 0.398 e. The molecule has 0 radical (unpaired) electrons. The monoisotopic (exact) mass is 360 g/mol. The van der Waals surface area contributed by atoms with Crippen LogP contribution in [0.2, 0.25) is 5.02 Å². The highest BCUT2D eigenvalue weighted by atomic mass is 35.5. The number of hydrogen-bond donors (Lipinski definition) is 1.